The molecule has 0 N–H and O–H groups in total. The van der Waals surface area contributed by atoms with Crippen molar-refractivity contribution in [3.05, 3.63) is 46.2 Å². The van der Waals surface area contributed by atoms with Gasteiger partial charge in [0, 0.05) is 10.7 Å². The van der Waals surface area contributed by atoms with E-state index in [0.29, 0.717) is 10.8 Å². The highest BCUT2D eigenvalue weighted by atomic mass is 35.5. The number of ether oxygens (including phenoxy) is 1. The first-order chi connectivity index (χ1) is 10.5. The van der Waals surface area contributed by atoms with Gasteiger partial charge in [0.1, 0.15) is 5.75 Å². The third kappa shape index (κ3) is 3.89. The molecule has 1 aromatic carbocycles. The number of carbonyl (C=O) groups excluding carboxylic acids is 1. The minimum Gasteiger partial charge on any atom is -0.484 e. The van der Waals surface area contributed by atoms with E-state index in [1.807, 2.05) is 13.8 Å². The number of hydrogen-bond donors (Lipinski definition) is 0. The fraction of sp³-hybridized carbons (Fsp3) is 0.412. The van der Waals surface area contributed by atoms with Crippen molar-refractivity contribution in [2.24, 2.45) is 0 Å². The molecule has 0 bridgehead atoms. The van der Waals surface area contributed by atoms with E-state index in [2.05, 4.69) is 12.0 Å². The number of unbranched alkanes of at least 4 members (excludes halogenated alkanes) is 1. The lowest BCUT2D eigenvalue weighted by Crippen LogP contribution is -2.21. The summed E-state index contributed by atoms with van der Waals surface area (Å²) in [7, 11) is 0. The second-order valence-electron chi connectivity index (χ2n) is 5.30. The Labute approximate surface area is 136 Å². The third-order valence-corrected chi connectivity index (χ3v) is 3.89. The van der Waals surface area contributed by atoms with Crippen LogP contribution in [0.2, 0.25) is 5.02 Å². The molecule has 0 atom stereocenters. The lowest BCUT2D eigenvalue weighted by molar-refractivity contribution is 0.0818. The number of hydrogen-bond acceptors (Lipinski definition) is 3. The Bertz CT molecular complexity index is 647. The van der Waals surface area contributed by atoms with Gasteiger partial charge in [-0.2, -0.15) is 5.10 Å². The van der Waals surface area contributed by atoms with Crippen LogP contribution in [0.4, 0.5) is 0 Å². The third-order valence-electron chi connectivity index (χ3n) is 3.63. The van der Waals surface area contributed by atoms with Gasteiger partial charge in [-0.05, 0) is 56.5 Å². The summed E-state index contributed by atoms with van der Waals surface area (Å²) >= 11 is 5.82. The van der Waals surface area contributed by atoms with Crippen molar-refractivity contribution in [1.29, 1.82) is 0 Å². The molecule has 0 spiro atoms. The quantitative estimate of drug-likeness (QED) is 0.800. The van der Waals surface area contributed by atoms with E-state index >= 15 is 0 Å². The van der Waals surface area contributed by atoms with Crippen molar-refractivity contribution < 1.29 is 9.53 Å². The molecule has 118 valence electrons. The molecule has 0 amide bonds. The maximum Gasteiger partial charge on any atom is 0.284 e. The van der Waals surface area contributed by atoms with Gasteiger partial charge in [0.05, 0.1) is 5.69 Å². The van der Waals surface area contributed by atoms with E-state index in [9.17, 15) is 4.79 Å². The molecule has 0 unspecified atom stereocenters. The maximum absolute atomic E-state index is 12.3. The normalized spacial score (nSPS) is 10.7. The van der Waals surface area contributed by atoms with E-state index in [1.54, 1.807) is 24.3 Å². The summed E-state index contributed by atoms with van der Waals surface area (Å²) in [6.45, 7) is 5.99. The molecule has 4 nitrogen and oxygen atoms in total. The predicted octanol–water partition coefficient (Wildman–Crippen LogP) is 4.22. The SMILES string of the molecule is CCCCc1c(C)nn(C(=O)COc2ccc(Cl)cc2)c1C. The Morgan fingerprint density at radius 1 is 1.27 bits per heavy atom. The van der Waals surface area contributed by atoms with Crippen LogP contribution >= 0.6 is 11.6 Å². The smallest absolute Gasteiger partial charge is 0.284 e. The fourth-order valence-corrected chi connectivity index (χ4v) is 2.50. The molecule has 5 heteroatoms. The molecule has 2 rings (SSSR count). The Hall–Kier alpha value is -1.81. The van der Waals surface area contributed by atoms with Crippen LogP contribution in [-0.4, -0.2) is 22.3 Å². The van der Waals surface area contributed by atoms with Crippen molar-refractivity contribution in [3.63, 3.8) is 0 Å². The number of carbonyl (C=O) groups is 1. The summed E-state index contributed by atoms with van der Waals surface area (Å²) in [6, 6.07) is 6.94. The van der Waals surface area contributed by atoms with Crippen LogP contribution in [0.25, 0.3) is 0 Å². The summed E-state index contributed by atoms with van der Waals surface area (Å²) in [5.41, 5.74) is 3.00. The van der Waals surface area contributed by atoms with Crippen LogP contribution in [0.3, 0.4) is 0 Å². The van der Waals surface area contributed by atoms with Crippen molar-refractivity contribution in [2.45, 2.75) is 40.0 Å². The molecule has 1 aromatic heterocycles. The van der Waals surface area contributed by atoms with Gasteiger partial charge in [0.25, 0.3) is 5.91 Å². The molecule has 0 aliphatic rings. The summed E-state index contributed by atoms with van der Waals surface area (Å²) in [6.07, 6.45) is 3.18. The van der Waals surface area contributed by atoms with Crippen molar-refractivity contribution >= 4 is 17.5 Å². The number of benzene rings is 1. The van der Waals surface area contributed by atoms with Crippen LogP contribution in [-0.2, 0) is 6.42 Å². The minimum absolute atomic E-state index is 0.0448. The van der Waals surface area contributed by atoms with Crippen LogP contribution < -0.4 is 4.74 Å². The topological polar surface area (TPSA) is 44.1 Å². The highest BCUT2D eigenvalue weighted by Crippen LogP contribution is 2.17. The van der Waals surface area contributed by atoms with E-state index in [4.69, 9.17) is 16.3 Å². The zero-order valence-electron chi connectivity index (χ0n) is 13.2. The van der Waals surface area contributed by atoms with Gasteiger partial charge in [0.2, 0.25) is 0 Å². The number of rotatable bonds is 6. The fourth-order valence-electron chi connectivity index (χ4n) is 2.37. The van der Waals surface area contributed by atoms with Gasteiger partial charge in [-0.25, -0.2) is 4.68 Å². The Morgan fingerprint density at radius 2 is 1.95 bits per heavy atom. The second kappa shape index (κ2) is 7.45. The summed E-state index contributed by atoms with van der Waals surface area (Å²) < 4.78 is 6.95. The van der Waals surface area contributed by atoms with Crippen LogP contribution in [0.5, 0.6) is 5.75 Å². The Morgan fingerprint density at radius 3 is 2.59 bits per heavy atom. The zero-order chi connectivity index (χ0) is 16.1. The summed E-state index contributed by atoms with van der Waals surface area (Å²) in [4.78, 5) is 12.3. The van der Waals surface area contributed by atoms with Gasteiger partial charge >= 0.3 is 0 Å². The standard InChI is InChI=1S/C17H21ClN2O2/c1-4-5-6-16-12(2)19-20(13(16)3)17(21)11-22-15-9-7-14(18)8-10-15/h7-10H,4-6,11H2,1-3H3. The van der Waals surface area contributed by atoms with E-state index in [-0.39, 0.29) is 12.5 Å². The van der Waals surface area contributed by atoms with Crippen LogP contribution in [0.15, 0.2) is 24.3 Å². The lowest BCUT2D eigenvalue weighted by Gasteiger charge is -2.07. The molecule has 22 heavy (non-hydrogen) atoms. The van der Waals surface area contributed by atoms with Crippen molar-refractivity contribution in [3.8, 4) is 5.75 Å². The molecule has 0 aliphatic heterocycles. The lowest BCUT2D eigenvalue weighted by atomic mass is 10.1. The predicted molar refractivity (Wildman–Crippen MR) is 87.9 cm³/mol. The second-order valence-corrected chi connectivity index (χ2v) is 5.74. The average Bonchev–Trinajstić information content (AvgIpc) is 2.79. The first kappa shape index (κ1) is 16.6. The largest absolute Gasteiger partial charge is 0.484 e. The number of nitrogens with zero attached hydrogens (tertiary/aromatic N) is 2. The molecule has 0 aliphatic carbocycles. The molecule has 0 fully saturated rings. The van der Waals surface area contributed by atoms with Gasteiger partial charge in [-0.15, -0.1) is 0 Å². The molecular weight excluding hydrogens is 300 g/mol. The molecule has 2 aromatic rings. The van der Waals surface area contributed by atoms with Crippen LogP contribution in [0.1, 0.15) is 41.5 Å². The van der Waals surface area contributed by atoms with Gasteiger partial charge in [-0.1, -0.05) is 24.9 Å². The molecule has 0 saturated carbocycles. The summed E-state index contributed by atoms with van der Waals surface area (Å²) in [5, 5.41) is 4.99. The molecule has 0 radical (unpaired) electrons. The highest BCUT2D eigenvalue weighted by molar-refractivity contribution is 6.30. The minimum atomic E-state index is -0.168. The van der Waals surface area contributed by atoms with Gasteiger partial charge in [-0.3, -0.25) is 4.79 Å². The number of halogens is 1. The Kier molecular flexibility index (Phi) is 5.61. The highest BCUT2D eigenvalue weighted by Gasteiger charge is 2.16. The van der Waals surface area contributed by atoms with Gasteiger partial charge in [0.15, 0.2) is 6.61 Å². The van der Waals surface area contributed by atoms with E-state index in [1.165, 1.54) is 10.2 Å². The van der Waals surface area contributed by atoms with E-state index in [0.717, 1.165) is 30.7 Å². The average molecular weight is 321 g/mol. The molecule has 1 heterocycles. The van der Waals surface area contributed by atoms with Crippen molar-refractivity contribution in [1.82, 2.24) is 9.78 Å². The molecule has 0 saturated heterocycles. The van der Waals surface area contributed by atoms with Crippen molar-refractivity contribution in [2.75, 3.05) is 6.61 Å². The monoisotopic (exact) mass is 320 g/mol. The molecular formula is C17H21ClN2O2. The zero-order valence-corrected chi connectivity index (χ0v) is 14.0. The van der Waals surface area contributed by atoms with Gasteiger partial charge < -0.3 is 4.74 Å². The van der Waals surface area contributed by atoms with E-state index < -0.39 is 0 Å². The first-order valence-corrected chi connectivity index (χ1v) is 7.87. The number of aryl methyl sites for hydroxylation is 1. The summed E-state index contributed by atoms with van der Waals surface area (Å²) in [5.74, 6) is 0.448. The van der Waals surface area contributed by atoms with Crippen LogP contribution in [0, 0.1) is 13.8 Å². The maximum atomic E-state index is 12.3. The first-order valence-electron chi connectivity index (χ1n) is 7.49. The Balaban J connectivity index is 2.04. The number of aromatic nitrogens is 2.